The van der Waals surface area contributed by atoms with Gasteiger partial charge in [0.1, 0.15) is 40.9 Å². The van der Waals surface area contributed by atoms with E-state index in [1.807, 2.05) is 103 Å². The minimum absolute atomic E-state index is 0.0805. The lowest BCUT2D eigenvalue weighted by molar-refractivity contribution is -0.127. The first kappa shape index (κ1) is 27.9. The fourth-order valence-electron chi connectivity index (χ4n) is 5.13. The number of likely N-dealkylation sites (N-methyl/N-ethyl adjacent to an activating group) is 1. The Balaban J connectivity index is 1.43. The fourth-order valence-corrected chi connectivity index (χ4v) is 5.13. The van der Waals surface area contributed by atoms with Gasteiger partial charge < -0.3 is 24.8 Å². The van der Waals surface area contributed by atoms with Gasteiger partial charge in [0.05, 0.1) is 11.4 Å². The number of likely N-dealkylation sites (tertiary alicyclic amines) is 1. The number of benzene rings is 2. The average molecular weight is 550 g/mol. The average Bonchev–Trinajstić information content (AvgIpc) is 3.58. The summed E-state index contributed by atoms with van der Waals surface area (Å²) >= 11 is 0. The number of carbonyl (C=O) groups is 1. The summed E-state index contributed by atoms with van der Waals surface area (Å²) in [5, 5.41) is 10.6. The summed E-state index contributed by atoms with van der Waals surface area (Å²) in [6.45, 7) is 5.11. The number of nitrogen functional groups attached to an aromatic ring is 1. The fraction of sp³-hybridized carbons (Fsp3) is 0.312. The molecule has 0 bridgehead atoms. The zero-order valence-corrected chi connectivity index (χ0v) is 23.9. The van der Waals surface area contributed by atoms with Gasteiger partial charge in [0, 0.05) is 30.4 Å². The standard InChI is InChI=1S/C32H35N7O2/c1-32(2,37(3)4)17-23(18-33)31(40)39-16-8-9-24(39)19-38-20-27(28-29(34)35-21-36-30(28)38)22-12-14-26(15-13-22)41-25-10-6-5-7-11-25/h5-7,10-15,17,20-21,24H,8-9,16,19H2,1-4H3,(H2,34,35,36). The molecule has 9 heteroatoms. The number of rotatable bonds is 8. The highest BCUT2D eigenvalue weighted by molar-refractivity contribution is 6.01. The largest absolute Gasteiger partial charge is 0.457 e. The summed E-state index contributed by atoms with van der Waals surface area (Å²) in [4.78, 5) is 26.2. The Kier molecular flexibility index (Phi) is 7.77. The predicted molar refractivity (Wildman–Crippen MR) is 160 cm³/mol. The van der Waals surface area contributed by atoms with E-state index in [2.05, 4.69) is 16.0 Å². The Hall–Kier alpha value is -4.68. The van der Waals surface area contributed by atoms with Gasteiger partial charge in [0.25, 0.3) is 5.91 Å². The molecule has 1 unspecified atom stereocenters. The van der Waals surface area contributed by atoms with E-state index in [0.29, 0.717) is 24.6 Å². The molecule has 0 spiro atoms. The number of carbonyl (C=O) groups excluding carboxylic acids is 1. The number of aromatic nitrogens is 3. The van der Waals surface area contributed by atoms with Crippen LogP contribution < -0.4 is 10.5 Å². The summed E-state index contributed by atoms with van der Waals surface area (Å²) in [7, 11) is 3.86. The van der Waals surface area contributed by atoms with Crippen LogP contribution in [0.5, 0.6) is 11.5 Å². The third-order valence-electron chi connectivity index (χ3n) is 7.87. The molecule has 0 radical (unpaired) electrons. The van der Waals surface area contributed by atoms with E-state index in [1.165, 1.54) is 6.33 Å². The number of fused-ring (bicyclic) bond motifs is 1. The molecular weight excluding hydrogens is 514 g/mol. The molecule has 0 saturated carbocycles. The number of nitriles is 1. The number of nitrogens with zero attached hydrogens (tertiary/aromatic N) is 6. The summed E-state index contributed by atoms with van der Waals surface area (Å²) in [5.41, 5.74) is 8.67. The van der Waals surface area contributed by atoms with E-state index < -0.39 is 5.54 Å². The van der Waals surface area contributed by atoms with Crippen LogP contribution in [0.4, 0.5) is 5.82 Å². The SMILES string of the molecule is CN(C)C(C)(C)C=C(C#N)C(=O)N1CCCC1Cn1cc(-c2ccc(Oc3ccccc3)cc2)c2c(N)ncnc21. The predicted octanol–water partition coefficient (Wildman–Crippen LogP) is 5.25. The first-order valence-electron chi connectivity index (χ1n) is 13.7. The van der Waals surface area contributed by atoms with Crippen LogP contribution >= 0.6 is 0 Å². The molecule has 1 aliphatic rings. The smallest absolute Gasteiger partial charge is 0.264 e. The Morgan fingerprint density at radius 1 is 1.15 bits per heavy atom. The molecule has 5 rings (SSSR count). The number of hydrogen-bond acceptors (Lipinski definition) is 7. The van der Waals surface area contributed by atoms with Gasteiger partial charge in [-0.3, -0.25) is 4.79 Å². The van der Waals surface area contributed by atoms with Crippen molar-refractivity contribution in [2.75, 3.05) is 26.4 Å². The molecule has 2 aromatic heterocycles. The molecule has 1 fully saturated rings. The number of ether oxygens (including phenoxy) is 1. The van der Waals surface area contributed by atoms with Crippen LogP contribution in [-0.4, -0.2) is 62.5 Å². The molecule has 9 nitrogen and oxygen atoms in total. The topological polar surface area (TPSA) is 113 Å². The van der Waals surface area contributed by atoms with E-state index in [4.69, 9.17) is 10.5 Å². The second-order valence-corrected chi connectivity index (χ2v) is 11.1. The Labute approximate surface area is 240 Å². The highest BCUT2D eigenvalue weighted by atomic mass is 16.5. The zero-order chi connectivity index (χ0) is 29.1. The molecule has 1 atom stereocenters. The molecule has 1 saturated heterocycles. The van der Waals surface area contributed by atoms with Crippen LogP contribution in [-0.2, 0) is 11.3 Å². The van der Waals surface area contributed by atoms with E-state index in [-0.39, 0.29) is 17.5 Å². The van der Waals surface area contributed by atoms with Gasteiger partial charge in [-0.15, -0.1) is 0 Å². The third kappa shape index (κ3) is 5.79. The summed E-state index contributed by atoms with van der Waals surface area (Å²) < 4.78 is 8.01. The second-order valence-electron chi connectivity index (χ2n) is 11.1. The summed E-state index contributed by atoms with van der Waals surface area (Å²) in [5.74, 6) is 1.66. The van der Waals surface area contributed by atoms with Crippen LogP contribution in [0.15, 0.2) is 78.8 Å². The van der Waals surface area contributed by atoms with Gasteiger partial charge in [-0.25, -0.2) is 9.97 Å². The Morgan fingerprint density at radius 2 is 1.85 bits per heavy atom. The molecule has 1 amide bonds. The minimum atomic E-state index is -0.433. The van der Waals surface area contributed by atoms with E-state index in [0.717, 1.165) is 40.9 Å². The lowest BCUT2D eigenvalue weighted by Crippen LogP contribution is -2.41. The highest BCUT2D eigenvalue weighted by Gasteiger charge is 2.33. The minimum Gasteiger partial charge on any atom is -0.457 e. The molecule has 1 aliphatic heterocycles. The molecule has 3 heterocycles. The number of hydrogen-bond donors (Lipinski definition) is 1. The quantitative estimate of drug-likeness (QED) is 0.236. The highest BCUT2D eigenvalue weighted by Crippen LogP contribution is 2.35. The number of amides is 1. The summed E-state index contributed by atoms with van der Waals surface area (Å²) in [6, 6.07) is 19.5. The maximum absolute atomic E-state index is 13.5. The first-order chi connectivity index (χ1) is 19.7. The van der Waals surface area contributed by atoms with Crippen LogP contribution in [0.1, 0.15) is 26.7 Å². The second kappa shape index (κ2) is 11.4. The third-order valence-corrected chi connectivity index (χ3v) is 7.87. The van der Waals surface area contributed by atoms with Gasteiger partial charge in [0.2, 0.25) is 0 Å². The molecular formula is C32H35N7O2. The van der Waals surface area contributed by atoms with Crippen molar-refractivity contribution in [2.24, 2.45) is 0 Å². The van der Waals surface area contributed by atoms with Crippen molar-refractivity contribution in [1.82, 2.24) is 24.3 Å². The van der Waals surface area contributed by atoms with Gasteiger partial charge in [0.15, 0.2) is 0 Å². The Bertz CT molecular complexity index is 1620. The van der Waals surface area contributed by atoms with E-state index >= 15 is 0 Å². The van der Waals surface area contributed by atoms with Gasteiger partial charge in [-0.05, 0) is 76.7 Å². The summed E-state index contributed by atoms with van der Waals surface area (Å²) in [6.07, 6.45) is 6.96. The van der Waals surface area contributed by atoms with Gasteiger partial charge in [-0.1, -0.05) is 30.3 Å². The number of anilines is 1. The first-order valence-corrected chi connectivity index (χ1v) is 13.7. The number of nitrogens with two attached hydrogens (primary N) is 1. The molecule has 0 aliphatic carbocycles. The van der Waals surface area contributed by atoms with E-state index in [9.17, 15) is 10.1 Å². The van der Waals surface area contributed by atoms with Crippen molar-refractivity contribution in [3.8, 4) is 28.7 Å². The van der Waals surface area contributed by atoms with Crippen molar-refractivity contribution in [2.45, 2.75) is 44.8 Å². The molecule has 2 aromatic carbocycles. The van der Waals surface area contributed by atoms with Crippen LogP contribution in [0.25, 0.3) is 22.2 Å². The van der Waals surface area contributed by atoms with Gasteiger partial charge in [-0.2, -0.15) is 5.26 Å². The zero-order valence-electron chi connectivity index (χ0n) is 23.9. The number of para-hydroxylation sites is 1. The lowest BCUT2D eigenvalue weighted by Gasteiger charge is -2.30. The van der Waals surface area contributed by atoms with Crippen LogP contribution in [0, 0.1) is 11.3 Å². The monoisotopic (exact) mass is 549 g/mol. The normalized spacial score (nSPS) is 15.9. The van der Waals surface area contributed by atoms with Crippen molar-refractivity contribution in [3.05, 3.63) is 78.8 Å². The van der Waals surface area contributed by atoms with Crippen molar-refractivity contribution in [1.29, 1.82) is 5.26 Å². The Morgan fingerprint density at radius 3 is 2.54 bits per heavy atom. The van der Waals surface area contributed by atoms with Crippen molar-refractivity contribution >= 4 is 22.8 Å². The lowest BCUT2D eigenvalue weighted by atomic mass is 9.99. The molecule has 2 N–H and O–H groups in total. The molecule has 4 aromatic rings. The van der Waals surface area contributed by atoms with Crippen molar-refractivity contribution in [3.63, 3.8) is 0 Å². The van der Waals surface area contributed by atoms with Crippen LogP contribution in [0.3, 0.4) is 0 Å². The molecule has 210 valence electrons. The molecule has 41 heavy (non-hydrogen) atoms. The maximum Gasteiger partial charge on any atom is 0.264 e. The van der Waals surface area contributed by atoms with Crippen LogP contribution in [0.2, 0.25) is 0 Å². The van der Waals surface area contributed by atoms with E-state index in [1.54, 1.807) is 6.08 Å². The van der Waals surface area contributed by atoms with Gasteiger partial charge >= 0.3 is 0 Å². The maximum atomic E-state index is 13.5. The van der Waals surface area contributed by atoms with Crippen molar-refractivity contribution < 1.29 is 9.53 Å².